The molecule has 1 heterocycles. The lowest BCUT2D eigenvalue weighted by atomic mass is 10.0. The van der Waals surface area contributed by atoms with Crippen molar-refractivity contribution in [3.05, 3.63) is 30.6 Å². The highest BCUT2D eigenvalue weighted by molar-refractivity contribution is 7.45. The highest BCUT2D eigenvalue weighted by Crippen LogP contribution is 2.38. The van der Waals surface area contributed by atoms with Crippen LogP contribution in [0, 0.1) is 0 Å². The van der Waals surface area contributed by atoms with Crippen molar-refractivity contribution in [2.45, 2.75) is 142 Å². The fourth-order valence-electron chi connectivity index (χ4n) is 4.70. The number of aromatic nitrogens is 1. The molecule has 1 aromatic rings. The van der Waals surface area contributed by atoms with Gasteiger partial charge in [0.25, 0.3) is 7.82 Å². The monoisotopic (exact) mass is 628 g/mol. The zero-order valence-electron chi connectivity index (χ0n) is 27.2. The topological polar surface area (TPSA) is 110 Å². The molecule has 1 aromatic heterocycles. The molecule has 250 valence electrons. The van der Waals surface area contributed by atoms with Crippen molar-refractivity contribution in [2.75, 3.05) is 33.0 Å². The van der Waals surface area contributed by atoms with Crippen LogP contribution in [0.1, 0.15) is 129 Å². The maximum Gasteiger partial charge on any atom is 0.407 e. The third kappa shape index (κ3) is 25.5. The van der Waals surface area contributed by atoms with Crippen LogP contribution < -0.4 is 14.8 Å². The van der Waals surface area contributed by atoms with Gasteiger partial charge in [-0.05, 0) is 12.8 Å². The van der Waals surface area contributed by atoms with Gasteiger partial charge in [0.1, 0.15) is 6.61 Å². The lowest BCUT2D eigenvalue weighted by molar-refractivity contribution is -0.697. The number of hydrogen-bond donors (Lipinski definition) is 1. The van der Waals surface area contributed by atoms with Gasteiger partial charge < -0.3 is 28.7 Å². The van der Waals surface area contributed by atoms with Crippen molar-refractivity contribution in [1.82, 2.24) is 5.32 Å². The molecule has 10 heteroatoms. The zero-order chi connectivity index (χ0) is 31.3. The average molecular weight is 629 g/mol. The number of carbonyl (C=O) groups excluding carboxylic acids is 1. The number of carbonyl (C=O) groups is 1. The number of nitrogens with one attached hydrogen (secondary N) is 1. The maximum absolute atomic E-state index is 12.2. The van der Waals surface area contributed by atoms with E-state index in [0.717, 1.165) is 25.7 Å². The highest BCUT2D eigenvalue weighted by Gasteiger charge is 2.20. The van der Waals surface area contributed by atoms with Crippen LogP contribution in [0.3, 0.4) is 0 Å². The van der Waals surface area contributed by atoms with E-state index in [-0.39, 0.29) is 19.8 Å². The number of ether oxygens (including phenoxy) is 2. The van der Waals surface area contributed by atoms with Crippen LogP contribution in [0.4, 0.5) is 4.79 Å². The van der Waals surface area contributed by atoms with Gasteiger partial charge in [-0.25, -0.2) is 9.36 Å². The smallest absolute Gasteiger partial charge is 0.407 e. The second-order valence-corrected chi connectivity index (χ2v) is 12.8. The van der Waals surface area contributed by atoms with Crippen LogP contribution in [0.5, 0.6) is 0 Å². The van der Waals surface area contributed by atoms with Crippen molar-refractivity contribution in [3.63, 3.8) is 0 Å². The van der Waals surface area contributed by atoms with E-state index in [4.69, 9.17) is 18.5 Å². The number of hydrogen-bond acceptors (Lipinski definition) is 7. The lowest BCUT2D eigenvalue weighted by Gasteiger charge is -2.25. The van der Waals surface area contributed by atoms with Gasteiger partial charge in [-0.2, -0.15) is 0 Å². The van der Waals surface area contributed by atoms with Crippen LogP contribution >= 0.6 is 7.82 Å². The summed E-state index contributed by atoms with van der Waals surface area (Å²) in [6.07, 6.45) is 24.8. The Labute approximate surface area is 262 Å². The molecule has 0 saturated carbocycles. The minimum absolute atomic E-state index is 0.0554. The zero-order valence-corrected chi connectivity index (χ0v) is 28.1. The van der Waals surface area contributed by atoms with Crippen molar-refractivity contribution >= 4 is 13.9 Å². The largest absolute Gasteiger partial charge is 0.756 e. The first-order valence-electron chi connectivity index (χ1n) is 17.0. The number of alkyl carbamates (subject to hydrolysis) is 1. The quantitative estimate of drug-likeness (QED) is 0.0529. The number of phosphoric ester groups is 1. The molecule has 43 heavy (non-hydrogen) atoms. The van der Waals surface area contributed by atoms with Crippen LogP contribution in [0.25, 0.3) is 0 Å². The summed E-state index contributed by atoms with van der Waals surface area (Å²) in [5.41, 5.74) is 0. The van der Waals surface area contributed by atoms with Gasteiger partial charge in [-0.15, -0.1) is 0 Å². The fourth-order valence-corrected chi connectivity index (χ4v) is 5.43. The number of rotatable bonds is 30. The first-order chi connectivity index (χ1) is 21.0. The van der Waals surface area contributed by atoms with Gasteiger partial charge in [0.2, 0.25) is 0 Å². The first-order valence-corrected chi connectivity index (χ1v) is 18.5. The molecule has 2 unspecified atom stereocenters. The standard InChI is InChI=1S/C33H61N2O7P/c1-3-5-7-8-9-10-11-12-13-14-15-16-17-18-19-23-28-39-30-32(42-33(36)34-24-6-4-2)31-41-43(37,38)40-29-27-35-25-21-20-22-26-35/h20-22,25-26,32H,3-19,23-24,27-31H2,1-2H3,(H-,34,36,37,38). The molecule has 0 aliphatic heterocycles. The average Bonchev–Trinajstić information content (AvgIpc) is 2.99. The molecular weight excluding hydrogens is 567 g/mol. The number of nitrogens with zero attached hydrogens (tertiary/aromatic N) is 1. The number of amides is 1. The molecule has 1 rings (SSSR count). The minimum Gasteiger partial charge on any atom is -0.756 e. The summed E-state index contributed by atoms with van der Waals surface area (Å²) in [6.45, 7) is 5.30. The van der Waals surface area contributed by atoms with Gasteiger partial charge in [0.05, 0.1) is 13.2 Å². The molecule has 0 aliphatic carbocycles. The Morgan fingerprint density at radius 2 is 1.26 bits per heavy atom. The molecule has 0 aromatic carbocycles. The second-order valence-electron chi connectivity index (χ2n) is 11.4. The van der Waals surface area contributed by atoms with Crippen LogP contribution in [-0.4, -0.2) is 45.2 Å². The molecule has 1 amide bonds. The Hall–Kier alpha value is -1.51. The molecule has 1 N–H and O–H groups in total. The van der Waals surface area contributed by atoms with Gasteiger partial charge in [-0.1, -0.05) is 123 Å². The third-order valence-corrected chi connectivity index (χ3v) is 8.28. The summed E-state index contributed by atoms with van der Waals surface area (Å²) < 4.78 is 35.1. The summed E-state index contributed by atoms with van der Waals surface area (Å²) in [5.74, 6) is 0. The van der Waals surface area contributed by atoms with E-state index in [1.807, 2.05) is 37.5 Å². The van der Waals surface area contributed by atoms with E-state index < -0.39 is 20.0 Å². The Kier molecular flexibility index (Phi) is 25.7. The van der Waals surface area contributed by atoms with E-state index in [1.165, 1.54) is 89.9 Å². The first kappa shape index (κ1) is 39.5. The Bertz CT molecular complexity index is 816. The van der Waals surface area contributed by atoms with E-state index in [2.05, 4.69) is 12.2 Å². The predicted octanol–water partition coefficient (Wildman–Crippen LogP) is 7.65. The van der Waals surface area contributed by atoms with Crippen molar-refractivity contribution in [3.8, 4) is 0 Å². The predicted molar refractivity (Wildman–Crippen MR) is 170 cm³/mol. The molecule has 2 atom stereocenters. The number of pyridine rings is 1. The Morgan fingerprint density at radius 3 is 1.81 bits per heavy atom. The van der Waals surface area contributed by atoms with Gasteiger partial charge in [0, 0.05) is 25.3 Å². The Balaban J connectivity index is 2.16. The molecule has 0 saturated heterocycles. The van der Waals surface area contributed by atoms with E-state index in [1.54, 1.807) is 4.57 Å². The number of unbranched alkanes of at least 4 members (excludes halogenated alkanes) is 16. The Morgan fingerprint density at radius 1 is 0.721 bits per heavy atom. The van der Waals surface area contributed by atoms with Crippen LogP contribution in [-0.2, 0) is 29.6 Å². The van der Waals surface area contributed by atoms with Crippen LogP contribution in [0.2, 0.25) is 0 Å². The van der Waals surface area contributed by atoms with Gasteiger partial charge in [0.15, 0.2) is 25.0 Å². The van der Waals surface area contributed by atoms with Gasteiger partial charge in [-0.3, -0.25) is 4.57 Å². The summed E-state index contributed by atoms with van der Waals surface area (Å²) >= 11 is 0. The van der Waals surface area contributed by atoms with Crippen molar-refractivity contribution in [2.24, 2.45) is 0 Å². The third-order valence-electron chi connectivity index (χ3n) is 7.31. The summed E-state index contributed by atoms with van der Waals surface area (Å²) in [5, 5.41) is 2.67. The molecule has 9 nitrogen and oxygen atoms in total. The van der Waals surface area contributed by atoms with Gasteiger partial charge >= 0.3 is 6.09 Å². The molecular formula is C33H61N2O7P. The molecule has 0 fully saturated rings. The van der Waals surface area contributed by atoms with E-state index in [9.17, 15) is 14.3 Å². The maximum atomic E-state index is 12.2. The van der Waals surface area contributed by atoms with Crippen LogP contribution in [0.15, 0.2) is 30.6 Å². The van der Waals surface area contributed by atoms with Crippen molar-refractivity contribution in [1.29, 1.82) is 0 Å². The fraction of sp³-hybridized carbons (Fsp3) is 0.818. The normalized spacial score (nSPS) is 13.5. The van der Waals surface area contributed by atoms with E-state index >= 15 is 0 Å². The lowest BCUT2D eigenvalue weighted by Crippen LogP contribution is -2.36. The highest BCUT2D eigenvalue weighted by atomic mass is 31.2. The van der Waals surface area contributed by atoms with E-state index in [0.29, 0.717) is 19.7 Å². The molecule has 0 aliphatic rings. The second kappa shape index (κ2) is 28.0. The van der Waals surface area contributed by atoms with Crippen molar-refractivity contribution < 1.29 is 37.3 Å². The molecule has 0 radical (unpaired) electrons. The summed E-state index contributed by atoms with van der Waals surface area (Å²) in [6, 6.07) is 5.57. The number of phosphoric acid groups is 1. The molecule has 0 bridgehead atoms. The minimum atomic E-state index is -4.56. The SMILES string of the molecule is CCCCCCCCCCCCCCCCCCOCC(COP(=O)([O-])OCC[n+]1ccccc1)OC(=O)NCCCC. The summed E-state index contributed by atoms with van der Waals surface area (Å²) in [7, 11) is -4.56. The molecule has 0 spiro atoms. The summed E-state index contributed by atoms with van der Waals surface area (Å²) in [4.78, 5) is 24.4.